The van der Waals surface area contributed by atoms with Crippen LogP contribution >= 0.6 is 0 Å². The van der Waals surface area contributed by atoms with Gasteiger partial charge in [0.2, 0.25) is 0 Å². The third kappa shape index (κ3) is 5.80. The normalized spacial score (nSPS) is 28.7. The average Bonchev–Trinajstić information content (AvgIpc) is 2.73. The van der Waals surface area contributed by atoms with Gasteiger partial charge in [-0.15, -0.1) is 0 Å². The second-order valence-corrected chi connectivity index (χ2v) is 9.83. The van der Waals surface area contributed by atoms with E-state index >= 15 is 0 Å². The van der Waals surface area contributed by atoms with Gasteiger partial charge in [-0.1, -0.05) is 46.0 Å². The molecule has 3 rings (SSSR count). The number of hydrogen-bond acceptors (Lipinski definition) is 1. The topological polar surface area (TPSA) is 23.8 Å². The van der Waals surface area contributed by atoms with Crippen molar-refractivity contribution in [3.05, 3.63) is 34.9 Å². The van der Waals surface area contributed by atoms with Gasteiger partial charge in [0.15, 0.2) is 0 Å². The molecule has 0 aromatic heterocycles. The highest BCUT2D eigenvalue weighted by Gasteiger charge is 2.29. The Labute approximate surface area is 175 Å². The molecule has 1 aromatic carbocycles. The Bertz CT molecular complexity index is 668. The quantitative estimate of drug-likeness (QED) is 0.452. The molecule has 0 spiro atoms. The number of rotatable bonds is 7. The fourth-order valence-electron chi connectivity index (χ4n) is 5.92. The van der Waals surface area contributed by atoms with Gasteiger partial charge in [-0.2, -0.15) is 5.26 Å². The average molecular weight is 402 g/mol. The van der Waals surface area contributed by atoms with Crippen molar-refractivity contribution in [1.82, 2.24) is 0 Å². The van der Waals surface area contributed by atoms with Crippen molar-refractivity contribution < 1.29 is 8.78 Å². The lowest BCUT2D eigenvalue weighted by Gasteiger charge is -2.36. The van der Waals surface area contributed by atoms with Crippen molar-refractivity contribution >= 4 is 0 Å². The van der Waals surface area contributed by atoms with Crippen LogP contribution < -0.4 is 0 Å². The van der Waals surface area contributed by atoms with E-state index in [-0.39, 0.29) is 5.92 Å². The Kier molecular flexibility index (Phi) is 8.10. The zero-order valence-electron chi connectivity index (χ0n) is 18.2. The minimum absolute atomic E-state index is 0.229. The minimum atomic E-state index is -0.715. The molecule has 1 unspecified atom stereocenters. The first-order valence-corrected chi connectivity index (χ1v) is 11.9. The summed E-state index contributed by atoms with van der Waals surface area (Å²) in [5.41, 5.74) is 0.275. The van der Waals surface area contributed by atoms with Crippen LogP contribution in [0.15, 0.2) is 12.1 Å². The molecule has 2 aliphatic carbocycles. The van der Waals surface area contributed by atoms with Crippen LogP contribution in [-0.4, -0.2) is 0 Å². The van der Waals surface area contributed by atoms with Crippen molar-refractivity contribution in [3.63, 3.8) is 0 Å². The third-order valence-corrected chi connectivity index (χ3v) is 7.86. The first-order valence-electron chi connectivity index (χ1n) is 11.9. The van der Waals surface area contributed by atoms with E-state index in [0.29, 0.717) is 0 Å². The molecule has 2 fully saturated rings. The lowest BCUT2D eigenvalue weighted by atomic mass is 9.70. The van der Waals surface area contributed by atoms with E-state index in [1.165, 1.54) is 63.5 Å². The van der Waals surface area contributed by atoms with Crippen LogP contribution in [0.4, 0.5) is 8.78 Å². The molecule has 3 heteroatoms. The Morgan fingerprint density at radius 2 is 1.55 bits per heavy atom. The SMILES string of the molecule is CCCCC1CCC(C(C)CC2CCC(c3cc(F)c(C#N)c(F)c3)CC2)CC1. The van der Waals surface area contributed by atoms with Gasteiger partial charge in [0.1, 0.15) is 23.3 Å². The number of benzene rings is 1. The van der Waals surface area contributed by atoms with Gasteiger partial charge in [-0.3, -0.25) is 0 Å². The van der Waals surface area contributed by atoms with Crippen molar-refractivity contribution in [3.8, 4) is 6.07 Å². The van der Waals surface area contributed by atoms with Crippen LogP contribution in [0.2, 0.25) is 0 Å². The summed E-state index contributed by atoms with van der Waals surface area (Å²) in [5.74, 6) is 2.22. The lowest BCUT2D eigenvalue weighted by molar-refractivity contribution is 0.169. The molecule has 0 bridgehead atoms. The number of nitrogens with zero attached hydrogens (tertiary/aromatic N) is 1. The zero-order valence-corrected chi connectivity index (χ0v) is 18.2. The van der Waals surface area contributed by atoms with Gasteiger partial charge >= 0.3 is 0 Å². The maximum Gasteiger partial charge on any atom is 0.144 e. The Hall–Kier alpha value is -1.43. The summed E-state index contributed by atoms with van der Waals surface area (Å²) in [7, 11) is 0. The Morgan fingerprint density at radius 3 is 2.10 bits per heavy atom. The first kappa shape index (κ1) is 22.3. The molecular formula is C26H37F2N. The minimum Gasteiger partial charge on any atom is -0.205 e. The summed E-state index contributed by atoms with van der Waals surface area (Å²) in [6, 6.07) is 4.38. The fraction of sp³-hybridized carbons (Fsp3) is 0.731. The van der Waals surface area contributed by atoms with Crippen LogP contribution in [-0.2, 0) is 0 Å². The molecule has 29 heavy (non-hydrogen) atoms. The molecule has 1 atom stereocenters. The molecule has 2 aliphatic rings. The van der Waals surface area contributed by atoms with E-state index in [0.717, 1.165) is 54.9 Å². The molecule has 1 nitrogen and oxygen atoms in total. The summed E-state index contributed by atoms with van der Waals surface area (Å²) >= 11 is 0. The van der Waals surface area contributed by atoms with Crippen LogP contribution in [0, 0.1) is 46.6 Å². The monoisotopic (exact) mass is 401 g/mol. The van der Waals surface area contributed by atoms with Crippen molar-refractivity contribution in [2.24, 2.45) is 23.7 Å². The fourth-order valence-corrected chi connectivity index (χ4v) is 5.92. The summed E-state index contributed by atoms with van der Waals surface area (Å²) in [4.78, 5) is 0. The molecule has 0 aliphatic heterocycles. The number of halogens is 2. The summed E-state index contributed by atoms with van der Waals surface area (Å²) < 4.78 is 27.9. The standard InChI is InChI=1S/C26H37F2N/c1-3-4-5-19-6-10-21(11-7-19)18(2)14-20-8-12-22(13-9-20)23-15-25(27)24(17-29)26(28)16-23/h15-16,18-22H,3-14H2,1-2H3. The summed E-state index contributed by atoms with van der Waals surface area (Å²) in [5, 5.41) is 8.85. The van der Waals surface area contributed by atoms with Gasteiger partial charge in [-0.05, 0) is 92.2 Å². The molecule has 0 heterocycles. The van der Waals surface area contributed by atoms with Gasteiger partial charge in [0, 0.05) is 0 Å². The molecule has 160 valence electrons. The molecular weight excluding hydrogens is 364 g/mol. The maximum atomic E-state index is 14.0. The summed E-state index contributed by atoms with van der Waals surface area (Å²) in [6.45, 7) is 4.74. The van der Waals surface area contributed by atoms with E-state index in [1.807, 2.05) is 0 Å². The van der Waals surface area contributed by atoms with Gasteiger partial charge < -0.3 is 0 Å². The summed E-state index contributed by atoms with van der Waals surface area (Å²) in [6.07, 6.45) is 15.5. The second kappa shape index (κ2) is 10.6. The highest BCUT2D eigenvalue weighted by atomic mass is 19.1. The van der Waals surface area contributed by atoms with E-state index < -0.39 is 17.2 Å². The lowest BCUT2D eigenvalue weighted by Crippen LogP contribution is -2.23. The van der Waals surface area contributed by atoms with Gasteiger partial charge in [-0.25, -0.2) is 8.78 Å². The smallest absolute Gasteiger partial charge is 0.144 e. The van der Waals surface area contributed by atoms with E-state index in [9.17, 15) is 8.78 Å². The highest BCUT2D eigenvalue weighted by molar-refractivity contribution is 5.36. The molecule has 1 aromatic rings. The van der Waals surface area contributed by atoms with E-state index in [4.69, 9.17) is 5.26 Å². The third-order valence-electron chi connectivity index (χ3n) is 7.86. The highest BCUT2D eigenvalue weighted by Crippen LogP contribution is 2.42. The maximum absolute atomic E-state index is 14.0. The van der Waals surface area contributed by atoms with Crippen LogP contribution in [0.3, 0.4) is 0 Å². The van der Waals surface area contributed by atoms with Crippen LogP contribution in [0.1, 0.15) is 108 Å². The number of hydrogen-bond donors (Lipinski definition) is 0. The molecule has 0 radical (unpaired) electrons. The van der Waals surface area contributed by atoms with E-state index in [2.05, 4.69) is 13.8 Å². The largest absolute Gasteiger partial charge is 0.205 e. The molecule has 0 N–H and O–H groups in total. The Balaban J connectivity index is 1.45. The predicted octanol–water partition coefficient (Wildman–Crippen LogP) is 8.13. The number of nitriles is 1. The number of unbranched alkanes of at least 4 members (excludes halogenated alkanes) is 1. The second-order valence-electron chi connectivity index (χ2n) is 9.83. The molecule has 0 amide bonds. The van der Waals surface area contributed by atoms with Crippen LogP contribution in [0.25, 0.3) is 0 Å². The van der Waals surface area contributed by atoms with Gasteiger partial charge in [0.05, 0.1) is 0 Å². The molecule has 0 saturated heterocycles. The zero-order chi connectivity index (χ0) is 20.8. The van der Waals surface area contributed by atoms with Crippen LogP contribution in [0.5, 0.6) is 0 Å². The van der Waals surface area contributed by atoms with Crippen molar-refractivity contribution in [2.45, 2.75) is 96.8 Å². The Morgan fingerprint density at radius 1 is 0.966 bits per heavy atom. The van der Waals surface area contributed by atoms with Crippen molar-refractivity contribution in [2.75, 3.05) is 0 Å². The van der Waals surface area contributed by atoms with Gasteiger partial charge in [0.25, 0.3) is 0 Å². The van der Waals surface area contributed by atoms with E-state index in [1.54, 1.807) is 6.07 Å². The first-order chi connectivity index (χ1) is 14.0. The molecule has 2 saturated carbocycles. The predicted molar refractivity (Wildman–Crippen MR) is 115 cm³/mol. The van der Waals surface area contributed by atoms with Crippen molar-refractivity contribution in [1.29, 1.82) is 5.26 Å².